The van der Waals surface area contributed by atoms with Gasteiger partial charge in [0.15, 0.2) is 0 Å². The molecule has 0 fully saturated rings. The smallest absolute Gasteiger partial charge is 0.0702 e. The first-order valence-electron chi connectivity index (χ1n) is 6.97. The summed E-state index contributed by atoms with van der Waals surface area (Å²) in [6.45, 7) is 3.13. The lowest BCUT2D eigenvalue weighted by molar-refractivity contribution is 0.554. The molecule has 1 unspecified atom stereocenters. The Morgan fingerprint density at radius 2 is 2.15 bits per heavy atom. The quantitative estimate of drug-likeness (QED) is 0.759. The van der Waals surface area contributed by atoms with Gasteiger partial charge in [0.1, 0.15) is 0 Å². The molecule has 3 aromatic rings. The van der Waals surface area contributed by atoms with Crippen LogP contribution in [0.25, 0.3) is 10.9 Å². The van der Waals surface area contributed by atoms with Gasteiger partial charge in [-0.1, -0.05) is 25.1 Å². The highest BCUT2D eigenvalue weighted by atomic mass is 32.1. The summed E-state index contributed by atoms with van der Waals surface area (Å²) in [6, 6.07) is 15.4. The van der Waals surface area contributed by atoms with E-state index in [2.05, 4.69) is 59.0 Å². The van der Waals surface area contributed by atoms with Crippen molar-refractivity contribution in [2.24, 2.45) is 0 Å². The number of hydrogen-bond donors (Lipinski definition) is 1. The predicted octanol–water partition coefficient (Wildman–Crippen LogP) is 4.19. The van der Waals surface area contributed by atoms with Gasteiger partial charge in [0.2, 0.25) is 0 Å². The highest BCUT2D eigenvalue weighted by Crippen LogP contribution is 2.24. The van der Waals surface area contributed by atoms with Crippen LogP contribution in [0.5, 0.6) is 0 Å². The normalized spacial score (nSPS) is 12.7. The number of fused-ring (bicyclic) bond motifs is 1. The number of likely N-dealkylation sites (N-methyl/N-ethyl adjacent to an activating group) is 1. The van der Waals surface area contributed by atoms with Crippen LogP contribution in [0.4, 0.5) is 0 Å². The molecule has 0 saturated carbocycles. The van der Waals surface area contributed by atoms with Crippen molar-refractivity contribution in [2.75, 3.05) is 6.54 Å². The number of pyridine rings is 1. The minimum Gasteiger partial charge on any atom is -0.310 e. The van der Waals surface area contributed by atoms with Crippen LogP contribution in [-0.4, -0.2) is 11.5 Å². The molecule has 0 aliphatic rings. The molecule has 0 saturated heterocycles. The lowest BCUT2D eigenvalue weighted by atomic mass is 10.0. The average molecular weight is 282 g/mol. The average Bonchev–Trinajstić information content (AvgIpc) is 2.99. The van der Waals surface area contributed by atoms with Gasteiger partial charge in [-0.05, 0) is 41.8 Å². The van der Waals surface area contributed by atoms with E-state index in [0.29, 0.717) is 6.04 Å². The molecule has 2 nitrogen and oxygen atoms in total. The fourth-order valence-electron chi connectivity index (χ4n) is 2.50. The van der Waals surface area contributed by atoms with Crippen LogP contribution < -0.4 is 5.32 Å². The van der Waals surface area contributed by atoms with Crippen molar-refractivity contribution >= 4 is 22.2 Å². The van der Waals surface area contributed by atoms with Gasteiger partial charge in [0, 0.05) is 28.9 Å². The number of nitrogens with zero attached hydrogens (tertiary/aromatic N) is 1. The van der Waals surface area contributed by atoms with E-state index < -0.39 is 0 Å². The highest BCUT2D eigenvalue weighted by molar-refractivity contribution is 7.09. The molecule has 2 aromatic heterocycles. The molecule has 102 valence electrons. The second-order valence-electron chi connectivity index (χ2n) is 4.85. The molecule has 2 heterocycles. The van der Waals surface area contributed by atoms with Gasteiger partial charge in [-0.15, -0.1) is 11.3 Å². The van der Waals surface area contributed by atoms with Crippen LogP contribution in [-0.2, 0) is 6.42 Å². The summed E-state index contributed by atoms with van der Waals surface area (Å²) in [5.74, 6) is 0. The topological polar surface area (TPSA) is 24.9 Å². The van der Waals surface area contributed by atoms with Gasteiger partial charge in [-0.2, -0.15) is 0 Å². The fourth-order valence-corrected chi connectivity index (χ4v) is 3.25. The predicted molar refractivity (Wildman–Crippen MR) is 86.2 cm³/mol. The Hall–Kier alpha value is -1.71. The van der Waals surface area contributed by atoms with Crippen molar-refractivity contribution < 1.29 is 0 Å². The zero-order valence-corrected chi connectivity index (χ0v) is 12.4. The van der Waals surface area contributed by atoms with Gasteiger partial charge in [-0.3, -0.25) is 4.98 Å². The molecule has 3 rings (SSSR count). The molecule has 1 aromatic carbocycles. The van der Waals surface area contributed by atoms with Crippen LogP contribution >= 0.6 is 11.3 Å². The third kappa shape index (κ3) is 2.89. The Labute approximate surface area is 123 Å². The summed E-state index contributed by atoms with van der Waals surface area (Å²) in [7, 11) is 0. The van der Waals surface area contributed by atoms with E-state index in [-0.39, 0.29) is 0 Å². The van der Waals surface area contributed by atoms with E-state index in [1.165, 1.54) is 15.8 Å². The van der Waals surface area contributed by atoms with E-state index in [1.807, 2.05) is 23.6 Å². The van der Waals surface area contributed by atoms with Crippen LogP contribution in [0.2, 0.25) is 0 Å². The number of hydrogen-bond acceptors (Lipinski definition) is 3. The molecule has 20 heavy (non-hydrogen) atoms. The number of nitrogens with one attached hydrogen (secondary N) is 1. The van der Waals surface area contributed by atoms with Crippen molar-refractivity contribution in [1.29, 1.82) is 0 Å². The molecule has 0 radical (unpaired) electrons. The molecule has 0 aliphatic heterocycles. The maximum absolute atomic E-state index is 4.39. The molecule has 0 bridgehead atoms. The fraction of sp³-hybridized carbons (Fsp3) is 0.235. The van der Waals surface area contributed by atoms with Gasteiger partial charge >= 0.3 is 0 Å². The number of thiophene rings is 1. The van der Waals surface area contributed by atoms with Crippen LogP contribution in [0, 0.1) is 0 Å². The first-order chi connectivity index (χ1) is 9.86. The van der Waals surface area contributed by atoms with Crippen molar-refractivity contribution in [3.05, 3.63) is 64.5 Å². The summed E-state index contributed by atoms with van der Waals surface area (Å²) in [5, 5.41) is 6.94. The zero-order chi connectivity index (χ0) is 13.8. The first-order valence-corrected chi connectivity index (χ1v) is 7.85. The molecule has 0 aliphatic carbocycles. The van der Waals surface area contributed by atoms with E-state index in [1.54, 1.807) is 0 Å². The molecule has 0 amide bonds. The Balaban J connectivity index is 1.91. The molecular formula is C17H18N2S. The van der Waals surface area contributed by atoms with Crippen molar-refractivity contribution in [2.45, 2.75) is 19.4 Å². The zero-order valence-electron chi connectivity index (χ0n) is 11.5. The second kappa shape index (κ2) is 6.16. The Bertz CT molecular complexity index is 676. The first kappa shape index (κ1) is 13.3. The minimum absolute atomic E-state index is 0.364. The SMILES string of the molecule is CCNC(Cc1cccs1)c1ccc2ncccc2c1. The van der Waals surface area contributed by atoms with E-state index >= 15 is 0 Å². The van der Waals surface area contributed by atoms with Crippen LogP contribution in [0.15, 0.2) is 54.0 Å². The summed E-state index contributed by atoms with van der Waals surface area (Å²) in [5.41, 5.74) is 2.39. The summed E-state index contributed by atoms with van der Waals surface area (Å²) in [4.78, 5) is 5.80. The van der Waals surface area contributed by atoms with Gasteiger partial charge in [0.25, 0.3) is 0 Å². The lowest BCUT2D eigenvalue weighted by Crippen LogP contribution is -2.22. The van der Waals surface area contributed by atoms with Gasteiger partial charge in [-0.25, -0.2) is 0 Å². The van der Waals surface area contributed by atoms with Crippen molar-refractivity contribution in [3.63, 3.8) is 0 Å². The van der Waals surface area contributed by atoms with Crippen molar-refractivity contribution in [3.8, 4) is 0 Å². The molecule has 3 heteroatoms. The highest BCUT2D eigenvalue weighted by Gasteiger charge is 2.12. The van der Waals surface area contributed by atoms with Gasteiger partial charge in [0.05, 0.1) is 5.52 Å². The summed E-state index contributed by atoms with van der Waals surface area (Å²) in [6.07, 6.45) is 2.88. The third-order valence-corrected chi connectivity index (χ3v) is 4.36. The van der Waals surface area contributed by atoms with E-state index in [4.69, 9.17) is 0 Å². The number of aromatic nitrogens is 1. The molecule has 1 atom stereocenters. The second-order valence-corrected chi connectivity index (χ2v) is 5.88. The lowest BCUT2D eigenvalue weighted by Gasteiger charge is -2.18. The van der Waals surface area contributed by atoms with E-state index in [9.17, 15) is 0 Å². The molecule has 0 spiro atoms. The van der Waals surface area contributed by atoms with Crippen LogP contribution in [0.1, 0.15) is 23.4 Å². The Morgan fingerprint density at radius 3 is 2.95 bits per heavy atom. The minimum atomic E-state index is 0.364. The Kier molecular flexibility index (Phi) is 4.09. The number of rotatable bonds is 5. The van der Waals surface area contributed by atoms with E-state index in [0.717, 1.165) is 18.5 Å². The summed E-state index contributed by atoms with van der Waals surface area (Å²) >= 11 is 1.82. The van der Waals surface area contributed by atoms with Crippen LogP contribution in [0.3, 0.4) is 0 Å². The maximum atomic E-state index is 4.39. The maximum Gasteiger partial charge on any atom is 0.0702 e. The van der Waals surface area contributed by atoms with Crippen molar-refractivity contribution in [1.82, 2.24) is 10.3 Å². The largest absolute Gasteiger partial charge is 0.310 e. The summed E-state index contributed by atoms with van der Waals surface area (Å²) < 4.78 is 0. The standard InChI is InChI=1S/C17H18N2S/c1-2-18-17(12-15-6-4-10-20-15)14-7-8-16-13(11-14)5-3-9-19-16/h3-11,17-18H,2,12H2,1H3. The molecule has 1 N–H and O–H groups in total. The number of benzene rings is 1. The molecular weight excluding hydrogens is 264 g/mol. The Morgan fingerprint density at radius 1 is 1.20 bits per heavy atom. The van der Waals surface area contributed by atoms with Gasteiger partial charge < -0.3 is 5.32 Å². The third-order valence-electron chi connectivity index (χ3n) is 3.47. The monoisotopic (exact) mass is 282 g/mol.